The molecule has 3 rings (SSSR count). The molecular formula is C18H22N4O4. The molecule has 0 spiro atoms. The summed E-state index contributed by atoms with van der Waals surface area (Å²) in [7, 11) is 0. The molecule has 1 aliphatic carbocycles. The lowest BCUT2D eigenvalue weighted by molar-refractivity contribution is -0.118. The highest BCUT2D eigenvalue weighted by atomic mass is 16.4. The normalized spacial score (nSPS) is 14.0. The van der Waals surface area contributed by atoms with Gasteiger partial charge >= 0.3 is 5.63 Å². The molecule has 0 unspecified atom stereocenters. The lowest BCUT2D eigenvalue weighted by atomic mass is 9.83. The number of rotatable bonds is 7. The van der Waals surface area contributed by atoms with Crippen LogP contribution in [0.5, 0.6) is 0 Å². The summed E-state index contributed by atoms with van der Waals surface area (Å²) >= 11 is 0. The highest BCUT2D eigenvalue weighted by Gasteiger charge is 2.25. The van der Waals surface area contributed by atoms with E-state index >= 15 is 0 Å². The minimum Gasteiger partial charge on any atom is -0.427 e. The maximum absolute atomic E-state index is 12.5. The van der Waals surface area contributed by atoms with E-state index in [2.05, 4.69) is 10.4 Å². The lowest BCUT2D eigenvalue weighted by Gasteiger charge is -2.24. The van der Waals surface area contributed by atoms with Crippen molar-refractivity contribution in [1.82, 2.24) is 9.78 Å². The summed E-state index contributed by atoms with van der Waals surface area (Å²) < 4.78 is 6.96. The predicted octanol–water partition coefficient (Wildman–Crippen LogP) is 1.93. The zero-order valence-corrected chi connectivity index (χ0v) is 14.7. The molecule has 2 amide bonds. The fourth-order valence-corrected chi connectivity index (χ4v) is 2.96. The van der Waals surface area contributed by atoms with E-state index in [9.17, 15) is 14.4 Å². The Kier molecular flexibility index (Phi) is 5.20. The number of aryl methyl sites for hydroxylation is 2. The first-order valence-corrected chi connectivity index (χ1v) is 8.71. The van der Waals surface area contributed by atoms with Gasteiger partial charge in [0, 0.05) is 25.1 Å². The maximum Gasteiger partial charge on any atom is 0.349 e. The molecule has 1 aliphatic rings. The van der Waals surface area contributed by atoms with Gasteiger partial charge in [-0.3, -0.25) is 14.3 Å². The van der Waals surface area contributed by atoms with Gasteiger partial charge in [0.15, 0.2) is 0 Å². The third kappa shape index (κ3) is 4.01. The third-order valence-corrected chi connectivity index (χ3v) is 4.60. The van der Waals surface area contributed by atoms with E-state index in [-0.39, 0.29) is 23.8 Å². The fourth-order valence-electron chi connectivity index (χ4n) is 2.96. The summed E-state index contributed by atoms with van der Waals surface area (Å²) in [5.41, 5.74) is 5.57. The van der Waals surface area contributed by atoms with Gasteiger partial charge in [-0.05, 0) is 37.8 Å². The third-order valence-electron chi connectivity index (χ3n) is 4.60. The van der Waals surface area contributed by atoms with Gasteiger partial charge < -0.3 is 15.5 Å². The number of hydrogen-bond acceptors (Lipinski definition) is 5. The van der Waals surface area contributed by atoms with Crippen molar-refractivity contribution < 1.29 is 14.0 Å². The number of carbonyl (C=O) groups is 2. The summed E-state index contributed by atoms with van der Waals surface area (Å²) in [6.45, 7) is 2.25. The Morgan fingerprint density at radius 1 is 1.42 bits per heavy atom. The van der Waals surface area contributed by atoms with Crippen molar-refractivity contribution in [2.45, 2.75) is 51.5 Å². The molecule has 8 nitrogen and oxygen atoms in total. The van der Waals surface area contributed by atoms with Crippen molar-refractivity contribution >= 4 is 17.5 Å². The monoisotopic (exact) mass is 358 g/mol. The topological polar surface area (TPSA) is 120 Å². The Balaban J connectivity index is 1.67. The van der Waals surface area contributed by atoms with Crippen molar-refractivity contribution in [2.24, 2.45) is 5.73 Å². The zero-order chi connectivity index (χ0) is 18.7. The number of nitrogens with two attached hydrogens (primary N) is 1. The maximum atomic E-state index is 12.5. The van der Waals surface area contributed by atoms with Crippen LogP contribution in [0.4, 0.5) is 5.69 Å². The van der Waals surface area contributed by atoms with Gasteiger partial charge in [0.05, 0.1) is 11.9 Å². The van der Waals surface area contributed by atoms with Crippen LogP contribution in [0.2, 0.25) is 0 Å². The first-order valence-electron chi connectivity index (χ1n) is 8.71. The molecule has 2 heterocycles. The summed E-state index contributed by atoms with van der Waals surface area (Å²) in [6.07, 6.45) is 7.14. The Labute approximate surface area is 150 Å². The Bertz CT molecular complexity index is 880. The van der Waals surface area contributed by atoms with Gasteiger partial charge in [-0.25, -0.2) is 4.79 Å². The van der Waals surface area contributed by atoms with E-state index in [0.29, 0.717) is 30.0 Å². The average molecular weight is 358 g/mol. The van der Waals surface area contributed by atoms with Crippen molar-refractivity contribution in [1.29, 1.82) is 0 Å². The van der Waals surface area contributed by atoms with Crippen LogP contribution in [-0.4, -0.2) is 21.6 Å². The van der Waals surface area contributed by atoms with Crippen LogP contribution in [0.3, 0.4) is 0 Å². The number of primary amides is 1. The Morgan fingerprint density at radius 2 is 2.19 bits per heavy atom. The first kappa shape index (κ1) is 17.9. The SMILES string of the molecule is Cc1cc(C2CCC2)oc(=O)c1C(=O)Nc1cnn(CCCC(N)=O)c1. The second-order valence-electron chi connectivity index (χ2n) is 6.64. The molecule has 0 bridgehead atoms. The predicted molar refractivity (Wildman–Crippen MR) is 94.9 cm³/mol. The molecule has 2 aromatic heterocycles. The molecule has 1 saturated carbocycles. The summed E-state index contributed by atoms with van der Waals surface area (Å²) in [6, 6.07) is 1.79. The Hall–Kier alpha value is -2.90. The van der Waals surface area contributed by atoms with Gasteiger partial charge in [0.25, 0.3) is 5.91 Å². The van der Waals surface area contributed by atoms with Crippen LogP contribution in [0, 0.1) is 6.92 Å². The minimum absolute atomic E-state index is 0.00884. The Morgan fingerprint density at radius 3 is 2.81 bits per heavy atom. The first-order chi connectivity index (χ1) is 12.4. The van der Waals surface area contributed by atoms with E-state index in [0.717, 1.165) is 19.3 Å². The van der Waals surface area contributed by atoms with E-state index in [1.165, 1.54) is 6.20 Å². The molecule has 8 heteroatoms. The van der Waals surface area contributed by atoms with E-state index in [4.69, 9.17) is 10.2 Å². The number of amides is 2. The van der Waals surface area contributed by atoms with Crippen LogP contribution in [0.25, 0.3) is 0 Å². The molecule has 3 N–H and O–H groups in total. The zero-order valence-electron chi connectivity index (χ0n) is 14.7. The molecule has 2 aromatic rings. The molecule has 0 aliphatic heterocycles. The van der Waals surface area contributed by atoms with Gasteiger partial charge in [0.1, 0.15) is 11.3 Å². The van der Waals surface area contributed by atoms with Crippen molar-refractivity contribution in [3.05, 3.63) is 45.8 Å². The molecular weight excluding hydrogens is 336 g/mol. The molecule has 138 valence electrons. The number of nitrogens with zero attached hydrogens (tertiary/aromatic N) is 2. The summed E-state index contributed by atoms with van der Waals surface area (Å²) in [5.74, 6) is 0.0704. The molecule has 26 heavy (non-hydrogen) atoms. The van der Waals surface area contributed by atoms with Crippen LogP contribution >= 0.6 is 0 Å². The van der Waals surface area contributed by atoms with Crippen molar-refractivity contribution in [2.75, 3.05) is 5.32 Å². The highest BCUT2D eigenvalue weighted by molar-refractivity contribution is 6.04. The molecule has 0 saturated heterocycles. The number of anilines is 1. The number of nitrogens with one attached hydrogen (secondary N) is 1. The fraction of sp³-hybridized carbons (Fsp3) is 0.444. The average Bonchev–Trinajstić information content (AvgIpc) is 2.91. The van der Waals surface area contributed by atoms with Crippen molar-refractivity contribution in [3.63, 3.8) is 0 Å². The van der Waals surface area contributed by atoms with Crippen LogP contribution < -0.4 is 16.7 Å². The van der Waals surface area contributed by atoms with E-state index < -0.39 is 11.5 Å². The van der Waals surface area contributed by atoms with Crippen molar-refractivity contribution in [3.8, 4) is 0 Å². The minimum atomic E-state index is -0.613. The van der Waals surface area contributed by atoms with Gasteiger partial charge in [0.2, 0.25) is 5.91 Å². The summed E-state index contributed by atoms with van der Waals surface area (Å²) in [5, 5.41) is 6.77. The van der Waals surface area contributed by atoms with Crippen LogP contribution in [0.1, 0.15) is 59.7 Å². The molecule has 0 radical (unpaired) electrons. The van der Waals surface area contributed by atoms with E-state index in [1.807, 2.05) is 0 Å². The molecule has 1 fully saturated rings. The van der Waals surface area contributed by atoms with Crippen LogP contribution in [-0.2, 0) is 11.3 Å². The lowest BCUT2D eigenvalue weighted by Crippen LogP contribution is -2.24. The quantitative estimate of drug-likeness (QED) is 0.783. The second-order valence-corrected chi connectivity index (χ2v) is 6.64. The largest absolute Gasteiger partial charge is 0.427 e. The molecule has 0 aromatic carbocycles. The summed E-state index contributed by atoms with van der Waals surface area (Å²) in [4.78, 5) is 35.5. The number of hydrogen-bond donors (Lipinski definition) is 2. The standard InChI is InChI=1S/C18H22N4O4/c1-11-8-14(12-4-2-5-12)26-18(25)16(11)17(24)21-13-9-20-22(10-13)7-3-6-15(19)23/h8-10,12H,2-7H2,1H3,(H2,19,23)(H,21,24). The number of carbonyl (C=O) groups excluding carboxylic acids is 2. The highest BCUT2D eigenvalue weighted by Crippen LogP contribution is 2.36. The van der Waals surface area contributed by atoms with Crippen LogP contribution in [0.15, 0.2) is 27.7 Å². The van der Waals surface area contributed by atoms with Gasteiger partial charge in [-0.2, -0.15) is 5.10 Å². The number of aromatic nitrogens is 2. The van der Waals surface area contributed by atoms with E-state index in [1.54, 1.807) is 23.9 Å². The smallest absolute Gasteiger partial charge is 0.349 e. The second kappa shape index (κ2) is 7.55. The van der Waals surface area contributed by atoms with Gasteiger partial charge in [-0.1, -0.05) is 6.42 Å². The van der Waals surface area contributed by atoms with Gasteiger partial charge in [-0.15, -0.1) is 0 Å². The molecule has 0 atom stereocenters.